The molecule has 2 heterocycles. The van der Waals surface area contributed by atoms with E-state index >= 15 is 0 Å². The molecule has 0 spiro atoms. The van der Waals surface area contributed by atoms with Gasteiger partial charge in [-0.15, -0.1) is 0 Å². The van der Waals surface area contributed by atoms with Gasteiger partial charge in [-0.25, -0.2) is 4.98 Å². The van der Waals surface area contributed by atoms with Gasteiger partial charge >= 0.3 is 0 Å². The molecule has 2 atom stereocenters. The smallest absolute Gasteiger partial charge is 0.186 e. The van der Waals surface area contributed by atoms with Crippen molar-refractivity contribution in [3.8, 4) is 0 Å². The van der Waals surface area contributed by atoms with Crippen LogP contribution in [0, 0.1) is 5.41 Å². The molecule has 2 aliphatic rings. The van der Waals surface area contributed by atoms with E-state index in [1.54, 1.807) is 0 Å². The molecule has 0 bridgehead atoms. The van der Waals surface area contributed by atoms with Gasteiger partial charge in [-0.3, -0.25) is 0 Å². The van der Waals surface area contributed by atoms with E-state index < -0.39 is 0 Å². The Labute approximate surface area is 130 Å². The standard InChI is InChI=1S/C15H25N3S2/c1-10-9-19-6-5-18(10)14-17-12-8-15(2,3)7-11(16-4)13(12)20-14/h10-11,16H,5-9H2,1-4H3. The highest BCUT2D eigenvalue weighted by Crippen LogP contribution is 2.45. The summed E-state index contributed by atoms with van der Waals surface area (Å²) in [5.41, 5.74) is 1.70. The van der Waals surface area contributed by atoms with Crippen molar-refractivity contribution in [3.05, 3.63) is 10.6 Å². The maximum Gasteiger partial charge on any atom is 0.186 e. The zero-order chi connectivity index (χ0) is 14.3. The van der Waals surface area contributed by atoms with Gasteiger partial charge in [0.1, 0.15) is 0 Å². The first-order chi connectivity index (χ1) is 9.50. The van der Waals surface area contributed by atoms with E-state index in [9.17, 15) is 0 Å². The number of nitrogens with zero attached hydrogens (tertiary/aromatic N) is 2. The van der Waals surface area contributed by atoms with Gasteiger partial charge in [-0.05, 0) is 32.2 Å². The summed E-state index contributed by atoms with van der Waals surface area (Å²) in [6.45, 7) is 8.19. The Hall–Kier alpha value is -0.260. The van der Waals surface area contributed by atoms with Crippen LogP contribution >= 0.6 is 23.1 Å². The minimum atomic E-state index is 0.357. The molecule has 3 nitrogen and oxygen atoms in total. The Morgan fingerprint density at radius 1 is 1.40 bits per heavy atom. The third-order valence-electron chi connectivity index (χ3n) is 4.40. The van der Waals surface area contributed by atoms with Gasteiger partial charge in [0.05, 0.1) is 5.69 Å². The van der Waals surface area contributed by atoms with Gasteiger partial charge in [0.2, 0.25) is 0 Å². The van der Waals surface area contributed by atoms with E-state index in [-0.39, 0.29) is 0 Å². The number of rotatable bonds is 2. The van der Waals surface area contributed by atoms with Crippen LogP contribution in [0.1, 0.15) is 43.8 Å². The lowest BCUT2D eigenvalue weighted by molar-refractivity contribution is 0.265. The minimum Gasteiger partial charge on any atom is -0.344 e. The number of aromatic nitrogens is 1. The molecule has 1 saturated heterocycles. The van der Waals surface area contributed by atoms with Crippen molar-refractivity contribution >= 4 is 28.2 Å². The predicted octanol–water partition coefficient (Wildman–Crippen LogP) is 3.32. The predicted molar refractivity (Wildman–Crippen MR) is 90.1 cm³/mol. The van der Waals surface area contributed by atoms with Crippen molar-refractivity contribution in [2.24, 2.45) is 5.41 Å². The van der Waals surface area contributed by atoms with Crippen LogP contribution in [-0.2, 0) is 6.42 Å². The van der Waals surface area contributed by atoms with Gasteiger partial charge in [-0.2, -0.15) is 11.8 Å². The van der Waals surface area contributed by atoms with Gasteiger partial charge in [0.25, 0.3) is 0 Å². The first kappa shape index (κ1) is 14.7. The fourth-order valence-corrected chi connectivity index (χ4v) is 5.62. The minimum absolute atomic E-state index is 0.357. The molecule has 1 fully saturated rings. The van der Waals surface area contributed by atoms with Gasteiger partial charge in [0.15, 0.2) is 5.13 Å². The van der Waals surface area contributed by atoms with Crippen LogP contribution in [0.4, 0.5) is 5.13 Å². The number of nitrogens with one attached hydrogen (secondary N) is 1. The van der Waals surface area contributed by atoms with Crippen molar-refractivity contribution in [1.82, 2.24) is 10.3 Å². The molecule has 0 saturated carbocycles. The molecule has 0 amide bonds. The number of hydrogen-bond donors (Lipinski definition) is 1. The highest BCUT2D eigenvalue weighted by molar-refractivity contribution is 7.99. The summed E-state index contributed by atoms with van der Waals surface area (Å²) in [6.07, 6.45) is 2.33. The van der Waals surface area contributed by atoms with Crippen LogP contribution in [0.5, 0.6) is 0 Å². The van der Waals surface area contributed by atoms with Gasteiger partial charge in [-0.1, -0.05) is 25.2 Å². The molecular formula is C15H25N3S2. The Bertz CT molecular complexity index is 483. The summed E-state index contributed by atoms with van der Waals surface area (Å²) in [4.78, 5) is 9.01. The summed E-state index contributed by atoms with van der Waals surface area (Å²) in [7, 11) is 2.08. The number of thioether (sulfide) groups is 1. The molecule has 0 radical (unpaired) electrons. The van der Waals surface area contributed by atoms with Crippen LogP contribution in [0.15, 0.2) is 0 Å². The SMILES string of the molecule is CNC1CC(C)(C)Cc2nc(N3CCSCC3C)sc21. The van der Waals surface area contributed by atoms with Crippen LogP contribution in [-0.4, -0.2) is 36.1 Å². The molecule has 2 unspecified atom stereocenters. The van der Waals surface area contributed by atoms with Crippen molar-refractivity contribution in [2.75, 3.05) is 30.0 Å². The molecule has 1 aliphatic heterocycles. The van der Waals surface area contributed by atoms with Crippen LogP contribution in [0.2, 0.25) is 0 Å². The fraction of sp³-hybridized carbons (Fsp3) is 0.800. The van der Waals surface area contributed by atoms with Crippen molar-refractivity contribution in [2.45, 2.75) is 45.7 Å². The highest BCUT2D eigenvalue weighted by atomic mass is 32.2. The average Bonchev–Trinajstić information content (AvgIpc) is 2.80. The van der Waals surface area contributed by atoms with Crippen molar-refractivity contribution in [1.29, 1.82) is 0 Å². The maximum atomic E-state index is 5.01. The highest BCUT2D eigenvalue weighted by Gasteiger charge is 2.35. The summed E-state index contributed by atoms with van der Waals surface area (Å²) in [6, 6.07) is 1.09. The lowest BCUT2D eigenvalue weighted by Crippen LogP contribution is -2.40. The zero-order valence-corrected chi connectivity index (χ0v) is 14.5. The first-order valence-corrected chi connectivity index (χ1v) is 9.48. The van der Waals surface area contributed by atoms with E-state index in [0.29, 0.717) is 17.5 Å². The number of anilines is 1. The van der Waals surface area contributed by atoms with E-state index in [0.717, 1.165) is 13.0 Å². The molecule has 1 aromatic rings. The second kappa shape index (κ2) is 5.50. The normalized spacial score (nSPS) is 29.3. The topological polar surface area (TPSA) is 28.2 Å². The Morgan fingerprint density at radius 2 is 2.20 bits per heavy atom. The zero-order valence-electron chi connectivity index (χ0n) is 12.9. The number of thiazole rings is 1. The van der Waals surface area contributed by atoms with Crippen LogP contribution in [0.3, 0.4) is 0 Å². The average molecular weight is 312 g/mol. The molecule has 20 heavy (non-hydrogen) atoms. The third kappa shape index (κ3) is 2.72. The monoisotopic (exact) mass is 311 g/mol. The van der Waals surface area contributed by atoms with Crippen LogP contribution < -0.4 is 10.2 Å². The number of hydrogen-bond acceptors (Lipinski definition) is 5. The Morgan fingerprint density at radius 3 is 2.90 bits per heavy atom. The molecule has 1 aromatic heterocycles. The molecule has 3 rings (SSSR count). The van der Waals surface area contributed by atoms with Gasteiger partial charge in [0, 0.05) is 35.0 Å². The van der Waals surface area contributed by atoms with Gasteiger partial charge < -0.3 is 10.2 Å². The van der Waals surface area contributed by atoms with Crippen molar-refractivity contribution < 1.29 is 0 Å². The summed E-state index contributed by atoms with van der Waals surface area (Å²) < 4.78 is 0. The molecular weight excluding hydrogens is 286 g/mol. The first-order valence-electron chi connectivity index (χ1n) is 7.51. The van der Waals surface area contributed by atoms with Crippen molar-refractivity contribution in [3.63, 3.8) is 0 Å². The fourth-order valence-electron chi connectivity index (χ4n) is 3.29. The van der Waals surface area contributed by atoms with E-state index in [4.69, 9.17) is 4.98 Å². The Balaban J connectivity index is 1.91. The quantitative estimate of drug-likeness (QED) is 0.907. The van der Waals surface area contributed by atoms with E-state index in [1.165, 1.54) is 33.6 Å². The molecule has 5 heteroatoms. The van der Waals surface area contributed by atoms with E-state index in [1.807, 2.05) is 11.3 Å². The second-order valence-corrected chi connectivity index (χ2v) is 8.97. The largest absolute Gasteiger partial charge is 0.344 e. The lowest BCUT2D eigenvalue weighted by Gasteiger charge is -2.34. The summed E-state index contributed by atoms with van der Waals surface area (Å²) in [5, 5.41) is 4.74. The second-order valence-electron chi connectivity index (χ2n) is 6.81. The van der Waals surface area contributed by atoms with Crippen LogP contribution in [0.25, 0.3) is 0 Å². The summed E-state index contributed by atoms with van der Waals surface area (Å²) in [5.74, 6) is 2.46. The molecule has 1 N–H and O–H groups in total. The number of fused-ring (bicyclic) bond motifs is 1. The Kier molecular flexibility index (Phi) is 4.04. The maximum absolute atomic E-state index is 5.01. The molecule has 0 aromatic carbocycles. The van der Waals surface area contributed by atoms with E-state index in [2.05, 4.69) is 49.8 Å². The summed E-state index contributed by atoms with van der Waals surface area (Å²) >= 11 is 3.99. The third-order valence-corrected chi connectivity index (χ3v) is 6.84. The lowest BCUT2D eigenvalue weighted by atomic mass is 9.76. The molecule has 1 aliphatic carbocycles. The molecule has 112 valence electrons.